The van der Waals surface area contributed by atoms with Crippen LogP contribution in [0.25, 0.3) is 49.7 Å². The van der Waals surface area contributed by atoms with Gasteiger partial charge in [0.15, 0.2) is 0 Å². The van der Waals surface area contributed by atoms with Crippen molar-refractivity contribution in [3.8, 4) is 50.9 Å². The molecule has 4 nitrogen and oxygen atoms in total. The molecule has 0 aliphatic carbocycles. The van der Waals surface area contributed by atoms with Gasteiger partial charge in [-0.15, -0.1) is 0 Å². The molecule has 7 aromatic carbocycles. The van der Waals surface area contributed by atoms with Gasteiger partial charge in [-0.3, -0.25) is 4.98 Å². The van der Waals surface area contributed by atoms with Gasteiger partial charge in [0, 0.05) is 56.7 Å². The number of rotatable bonds is 3. The Labute approximate surface area is 300 Å². The molecule has 4 heterocycles. The Morgan fingerprint density at radius 2 is 1.06 bits per heavy atom. The van der Waals surface area contributed by atoms with E-state index in [9.17, 15) is 0 Å². The normalized spacial score (nSPS) is 15.3. The van der Waals surface area contributed by atoms with Gasteiger partial charge >= 0.3 is 0 Å². The molecule has 52 heavy (non-hydrogen) atoms. The zero-order chi connectivity index (χ0) is 34.2. The zero-order valence-corrected chi connectivity index (χ0v) is 28.0. The zero-order valence-electron chi connectivity index (χ0n) is 28.0. The molecule has 2 aliphatic heterocycles. The summed E-state index contributed by atoms with van der Waals surface area (Å²) in [6.07, 6.45) is 3.70. The van der Waals surface area contributed by atoms with E-state index in [0.717, 1.165) is 73.2 Å². The van der Waals surface area contributed by atoms with E-state index in [2.05, 4.69) is 167 Å². The Bertz CT molecular complexity index is 2850. The molecule has 4 heteroatoms. The summed E-state index contributed by atoms with van der Waals surface area (Å²) in [4.78, 5) is 4.38. The standard InChI is InChI=1S/C48H30N2O2/c1-2-13-34(14-3-1)50-41-19-7-4-15-36(41)47-35(16-10-20-42(47)50)32-24-26-40-46(29-32)52-44-22-9-6-18-38(44)48(40)37-17-5-8-21-43(37)51-45-28-31(23-25-39(45)48)33-12-11-27-49-30-33/h1-30H. The molecular formula is C48H30N2O2. The van der Waals surface area contributed by atoms with E-state index in [-0.39, 0.29) is 0 Å². The Balaban J connectivity index is 1.17. The maximum atomic E-state index is 6.91. The Morgan fingerprint density at radius 3 is 1.79 bits per heavy atom. The topological polar surface area (TPSA) is 36.3 Å². The molecule has 0 amide bonds. The lowest BCUT2D eigenvalue weighted by Crippen LogP contribution is -2.36. The first kappa shape index (κ1) is 28.9. The molecule has 0 radical (unpaired) electrons. The average molecular weight is 667 g/mol. The van der Waals surface area contributed by atoms with Crippen molar-refractivity contribution in [1.82, 2.24) is 9.55 Å². The number of pyridine rings is 1. The second-order valence-corrected chi connectivity index (χ2v) is 13.5. The number of ether oxygens (including phenoxy) is 2. The predicted molar refractivity (Wildman–Crippen MR) is 208 cm³/mol. The van der Waals surface area contributed by atoms with Gasteiger partial charge < -0.3 is 14.0 Å². The molecule has 0 fully saturated rings. The molecule has 2 aliphatic rings. The predicted octanol–water partition coefficient (Wildman–Crippen LogP) is 12.1. The first-order valence-corrected chi connectivity index (χ1v) is 17.6. The third-order valence-corrected chi connectivity index (χ3v) is 10.8. The van der Waals surface area contributed by atoms with E-state index < -0.39 is 5.41 Å². The fraction of sp³-hybridized carbons (Fsp3) is 0.0208. The number of para-hydroxylation sites is 4. The van der Waals surface area contributed by atoms with Crippen molar-refractivity contribution in [2.45, 2.75) is 5.41 Å². The van der Waals surface area contributed by atoms with Crippen molar-refractivity contribution in [2.75, 3.05) is 0 Å². The van der Waals surface area contributed by atoms with Crippen LogP contribution in [0, 0.1) is 0 Å². The summed E-state index contributed by atoms with van der Waals surface area (Å²) in [5.74, 6) is 3.33. The molecule has 1 unspecified atom stereocenters. The van der Waals surface area contributed by atoms with Gasteiger partial charge in [0.25, 0.3) is 0 Å². The molecule has 9 aromatic rings. The summed E-state index contributed by atoms with van der Waals surface area (Å²) in [5, 5.41) is 2.44. The van der Waals surface area contributed by atoms with Gasteiger partial charge in [-0.05, 0) is 71.3 Å². The van der Waals surface area contributed by atoms with Crippen molar-refractivity contribution in [2.24, 2.45) is 0 Å². The SMILES string of the molecule is c1ccc(-n2c3ccccc3c3c(-c4ccc5c(c4)Oc4ccccc4C54c5ccccc5Oc5cc(-c6cccnc6)ccc54)cccc32)cc1. The van der Waals surface area contributed by atoms with Crippen LogP contribution < -0.4 is 9.47 Å². The van der Waals surface area contributed by atoms with E-state index in [1.807, 2.05) is 18.3 Å². The van der Waals surface area contributed by atoms with Crippen LogP contribution in [0.4, 0.5) is 0 Å². The lowest BCUT2D eigenvalue weighted by Gasteiger charge is -2.45. The van der Waals surface area contributed by atoms with Gasteiger partial charge in [-0.1, -0.05) is 115 Å². The number of aromatic nitrogens is 2. The van der Waals surface area contributed by atoms with Crippen LogP contribution in [0.1, 0.15) is 22.3 Å². The Morgan fingerprint density at radius 1 is 0.442 bits per heavy atom. The number of nitrogens with zero attached hydrogens (tertiary/aromatic N) is 2. The highest BCUT2D eigenvalue weighted by Crippen LogP contribution is 2.62. The second kappa shape index (κ2) is 11.0. The third-order valence-electron chi connectivity index (χ3n) is 10.8. The van der Waals surface area contributed by atoms with Gasteiger partial charge in [-0.2, -0.15) is 0 Å². The van der Waals surface area contributed by atoms with Crippen LogP contribution in [0.3, 0.4) is 0 Å². The summed E-state index contributed by atoms with van der Waals surface area (Å²) in [6.45, 7) is 0. The minimum absolute atomic E-state index is 0.671. The van der Waals surface area contributed by atoms with E-state index in [1.165, 1.54) is 21.8 Å². The summed E-state index contributed by atoms with van der Waals surface area (Å²) >= 11 is 0. The van der Waals surface area contributed by atoms with Crippen LogP contribution in [-0.2, 0) is 5.41 Å². The molecule has 0 bridgehead atoms. The summed E-state index contributed by atoms with van der Waals surface area (Å²) in [5.41, 5.74) is 11.5. The molecule has 0 saturated heterocycles. The van der Waals surface area contributed by atoms with Crippen LogP contribution in [0.15, 0.2) is 182 Å². The highest BCUT2D eigenvalue weighted by Gasteiger charge is 2.50. The van der Waals surface area contributed by atoms with Gasteiger partial charge in [0.1, 0.15) is 23.0 Å². The minimum atomic E-state index is -0.671. The molecule has 1 atom stereocenters. The van der Waals surface area contributed by atoms with Crippen LogP contribution in [0.5, 0.6) is 23.0 Å². The lowest BCUT2D eigenvalue weighted by molar-refractivity contribution is 0.399. The first-order chi connectivity index (χ1) is 25.8. The number of benzene rings is 7. The van der Waals surface area contributed by atoms with E-state index in [0.29, 0.717) is 0 Å². The average Bonchev–Trinajstić information content (AvgIpc) is 3.56. The van der Waals surface area contributed by atoms with Crippen molar-refractivity contribution in [1.29, 1.82) is 0 Å². The molecular weight excluding hydrogens is 637 g/mol. The molecule has 11 rings (SSSR count). The highest BCUT2D eigenvalue weighted by molar-refractivity contribution is 6.15. The monoisotopic (exact) mass is 666 g/mol. The highest BCUT2D eigenvalue weighted by atomic mass is 16.5. The summed E-state index contributed by atoms with van der Waals surface area (Å²) in [7, 11) is 0. The van der Waals surface area contributed by atoms with Crippen molar-refractivity contribution < 1.29 is 9.47 Å². The molecule has 244 valence electrons. The van der Waals surface area contributed by atoms with Crippen LogP contribution in [0.2, 0.25) is 0 Å². The van der Waals surface area contributed by atoms with E-state index in [1.54, 1.807) is 6.20 Å². The number of hydrogen-bond acceptors (Lipinski definition) is 3. The second-order valence-electron chi connectivity index (χ2n) is 13.5. The number of fused-ring (bicyclic) bond motifs is 11. The first-order valence-electron chi connectivity index (χ1n) is 17.6. The Kier molecular flexibility index (Phi) is 6.13. The van der Waals surface area contributed by atoms with Crippen molar-refractivity contribution in [3.05, 3.63) is 205 Å². The molecule has 0 N–H and O–H groups in total. The quantitative estimate of drug-likeness (QED) is 0.188. The minimum Gasteiger partial charge on any atom is -0.457 e. The van der Waals surface area contributed by atoms with Gasteiger partial charge in [0.05, 0.1) is 16.4 Å². The molecule has 1 spiro atoms. The summed E-state index contributed by atoms with van der Waals surface area (Å²) < 4.78 is 16.0. The number of hydrogen-bond donors (Lipinski definition) is 0. The molecule has 0 saturated carbocycles. The van der Waals surface area contributed by atoms with E-state index in [4.69, 9.17) is 9.47 Å². The smallest absolute Gasteiger partial charge is 0.132 e. The van der Waals surface area contributed by atoms with Gasteiger partial charge in [0.2, 0.25) is 0 Å². The van der Waals surface area contributed by atoms with Gasteiger partial charge in [-0.25, -0.2) is 0 Å². The third kappa shape index (κ3) is 4.00. The van der Waals surface area contributed by atoms with Crippen LogP contribution in [-0.4, -0.2) is 9.55 Å². The van der Waals surface area contributed by atoms with E-state index >= 15 is 0 Å². The lowest BCUT2D eigenvalue weighted by atomic mass is 9.62. The largest absolute Gasteiger partial charge is 0.457 e. The summed E-state index contributed by atoms with van der Waals surface area (Å²) in [6, 6.07) is 60.2. The maximum Gasteiger partial charge on any atom is 0.132 e. The van der Waals surface area contributed by atoms with Crippen molar-refractivity contribution >= 4 is 21.8 Å². The Hall–Kier alpha value is -6.91. The van der Waals surface area contributed by atoms with Crippen LogP contribution >= 0.6 is 0 Å². The fourth-order valence-corrected chi connectivity index (χ4v) is 8.67. The molecule has 2 aromatic heterocycles. The fourth-order valence-electron chi connectivity index (χ4n) is 8.67. The maximum absolute atomic E-state index is 6.91. The van der Waals surface area contributed by atoms with Crippen molar-refractivity contribution in [3.63, 3.8) is 0 Å².